The number of ether oxygens (including phenoxy) is 2. The van der Waals surface area contributed by atoms with Crippen molar-refractivity contribution in [1.29, 1.82) is 0 Å². The van der Waals surface area contributed by atoms with Crippen LogP contribution in [0.1, 0.15) is 10.4 Å². The van der Waals surface area contributed by atoms with Gasteiger partial charge in [-0.3, -0.25) is 0 Å². The van der Waals surface area contributed by atoms with Crippen molar-refractivity contribution in [2.24, 2.45) is 0 Å². The molecule has 0 aliphatic heterocycles. The Morgan fingerprint density at radius 1 is 1.26 bits per heavy atom. The first-order valence-electron chi connectivity index (χ1n) is 5.39. The maximum atomic E-state index is 9.06. The molecule has 19 heavy (non-hydrogen) atoms. The molecule has 0 saturated heterocycles. The van der Waals surface area contributed by atoms with Crippen molar-refractivity contribution < 1.29 is 19.7 Å². The lowest BCUT2D eigenvalue weighted by molar-refractivity contribution is 0.280. The summed E-state index contributed by atoms with van der Waals surface area (Å²) in [5, 5.41) is 18.7. The van der Waals surface area contributed by atoms with E-state index >= 15 is 0 Å². The van der Waals surface area contributed by atoms with Crippen molar-refractivity contribution in [2.45, 2.75) is 13.2 Å². The number of thiazole rings is 1. The Morgan fingerprint density at radius 3 is 2.63 bits per heavy atom. The Morgan fingerprint density at radius 2 is 2.05 bits per heavy atom. The van der Waals surface area contributed by atoms with E-state index in [1.807, 2.05) is 0 Å². The summed E-state index contributed by atoms with van der Waals surface area (Å²) >= 11 is 6.99. The highest BCUT2D eigenvalue weighted by Gasteiger charge is 2.13. The van der Waals surface area contributed by atoms with Crippen LogP contribution < -0.4 is 9.47 Å². The third-order valence-electron chi connectivity index (χ3n) is 2.38. The van der Waals surface area contributed by atoms with E-state index < -0.39 is 0 Å². The molecule has 0 bridgehead atoms. The summed E-state index contributed by atoms with van der Waals surface area (Å²) < 4.78 is 10.8. The largest absolute Gasteiger partial charge is 0.493 e. The Labute approximate surface area is 119 Å². The average molecular weight is 302 g/mol. The molecule has 1 aromatic heterocycles. The molecule has 1 aromatic carbocycles. The van der Waals surface area contributed by atoms with Gasteiger partial charge in [0.05, 0.1) is 25.2 Å². The van der Waals surface area contributed by atoms with Gasteiger partial charge in [0.2, 0.25) is 0 Å². The van der Waals surface area contributed by atoms with Crippen LogP contribution >= 0.6 is 22.9 Å². The lowest BCUT2D eigenvalue weighted by atomic mass is 10.2. The molecular weight excluding hydrogens is 290 g/mol. The molecule has 5 nitrogen and oxygen atoms in total. The molecule has 0 fully saturated rings. The van der Waals surface area contributed by atoms with Crippen LogP contribution in [0, 0.1) is 0 Å². The number of halogens is 1. The van der Waals surface area contributed by atoms with Gasteiger partial charge in [0.25, 0.3) is 5.19 Å². The van der Waals surface area contributed by atoms with Gasteiger partial charge in [-0.15, -0.1) is 0 Å². The quantitative estimate of drug-likeness (QED) is 0.888. The van der Waals surface area contributed by atoms with E-state index in [0.29, 0.717) is 21.6 Å². The third kappa shape index (κ3) is 3.16. The Bertz CT molecular complexity index is 573. The van der Waals surface area contributed by atoms with Gasteiger partial charge in [0, 0.05) is 0 Å². The SMILES string of the molecule is COc1cc(CO)ccc1Oc1nc(Cl)c(CO)s1. The zero-order valence-corrected chi connectivity index (χ0v) is 11.7. The van der Waals surface area contributed by atoms with E-state index in [9.17, 15) is 0 Å². The fourth-order valence-electron chi connectivity index (χ4n) is 1.44. The molecule has 102 valence electrons. The summed E-state index contributed by atoms with van der Waals surface area (Å²) in [4.78, 5) is 4.54. The van der Waals surface area contributed by atoms with E-state index in [4.69, 9.17) is 31.3 Å². The van der Waals surface area contributed by atoms with Gasteiger partial charge in [0.15, 0.2) is 11.5 Å². The number of aliphatic hydroxyl groups excluding tert-OH is 2. The lowest BCUT2D eigenvalue weighted by Crippen LogP contribution is -1.92. The molecule has 0 aliphatic carbocycles. The summed E-state index contributed by atoms with van der Waals surface area (Å²) in [7, 11) is 1.51. The average Bonchev–Trinajstić information content (AvgIpc) is 2.79. The first-order chi connectivity index (χ1) is 9.17. The first-order valence-corrected chi connectivity index (χ1v) is 6.59. The number of methoxy groups -OCH3 is 1. The molecule has 0 amide bonds. The molecular formula is C12H12ClNO4S. The maximum absolute atomic E-state index is 9.06. The smallest absolute Gasteiger partial charge is 0.280 e. The summed E-state index contributed by atoms with van der Waals surface area (Å²) in [6, 6.07) is 5.08. The highest BCUT2D eigenvalue weighted by atomic mass is 35.5. The van der Waals surface area contributed by atoms with E-state index in [2.05, 4.69) is 4.98 Å². The number of aromatic nitrogens is 1. The van der Waals surface area contributed by atoms with Crippen molar-refractivity contribution in [3.63, 3.8) is 0 Å². The molecule has 0 unspecified atom stereocenters. The van der Waals surface area contributed by atoms with Crippen LogP contribution in [0.3, 0.4) is 0 Å². The van der Waals surface area contributed by atoms with Crippen molar-refractivity contribution in [3.05, 3.63) is 33.8 Å². The summed E-state index contributed by atoms with van der Waals surface area (Å²) in [6.45, 7) is -0.255. The standard InChI is InChI=1S/C12H12ClNO4S/c1-17-9-4-7(5-15)2-3-8(9)18-12-14-11(13)10(6-16)19-12/h2-4,15-16H,5-6H2,1H3. The molecule has 0 saturated carbocycles. The number of aliphatic hydroxyl groups is 2. The van der Waals surface area contributed by atoms with E-state index in [1.54, 1.807) is 18.2 Å². The number of hydrogen-bond acceptors (Lipinski definition) is 6. The molecule has 0 radical (unpaired) electrons. The number of hydrogen-bond donors (Lipinski definition) is 2. The van der Waals surface area contributed by atoms with Crippen LogP contribution in [0.4, 0.5) is 0 Å². The van der Waals surface area contributed by atoms with Crippen LogP contribution in [0.25, 0.3) is 0 Å². The van der Waals surface area contributed by atoms with Crippen LogP contribution in [-0.4, -0.2) is 22.3 Å². The number of benzene rings is 1. The van der Waals surface area contributed by atoms with Crippen LogP contribution in [0.2, 0.25) is 5.15 Å². The maximum Gasteiger partial charge on any atom is 0.280 e. The van der Waals surface area contributed by atoms with Gasteiger partial charge < -0.3 is 19.7 Å². The second kappa shape index (κ2) is 6.21. The summed E-state index contributed by atoms with van der Waals surface area (Å²) in [5.41, 5.74) is 0.720. The molecule has 2 N–H and O–H groups in total. The second-order valence-corrected chi connectivity index (χ2v) is 5.00. The predicted molar refractivity (Wildman–Crippen MR) is 72.0 cm³/mol. The van der Waals surface area contributed by atoms with Gasteiger partial charge in [-0.2, -0.15) is 4.98 Å². The molecule has 2 rings (SSSR count). The molecule has 2 aromatic rings. The Hall–Kier alpha value is -1.34. The van der Waals surface area contributed by atoms with Gasteiger partial charge in [-0.25, -0.2) is 0 Å². The van der Waals surface area contributed by atoms with Gasteiger partial charge in [-0.1, -0.05) is 29.0 Å². The zero-order valence-electron chi connectivity index (χ0n) is 10.1. The minimum absolute atomic E-state index is 0.0750. The first kappa shape index (κ1) is 14.1. The second-order valence-electron chi connectivity index (χ2n) is 3.60. The van der Waals surface area contributed by atoms with Crippen molar-refractivity contribution in [2.75, 3.05) is 7.11 Å². The molecule has 0 atom stereocenters. The van der Waals surface area contributed by atoms with E-state index in [1.165, 1.54) is 7.11 Å². The molecule has 0 spiro atoms. The minimum Gasteiger partial charge on any atom is -0.493 e. The molecule has 7 heteroatoms. The van der Waals surface area contributed by atoms with E-state index in [0.717, 1.165) is 16.9 Å². The minimum atomic E-state index is -0.180. The van der Waals surface area contributed by atoms with Crippen molar-refractivity contribution in [3.8, 4) is 16.7 Å². The number of nitrogens with zero attached hydrogens (tertiary/aromatic N) is 1. The Balaban J connectivity index is 2.26. The Kier molecular flexibility index (Phi) is 4.60. The predicted octanol–water partition coefficient (Wildman–Crippen LogP) is 2.58. The van der Waals surface area contributed by atoms with Gasteiger partial charge in [0.1, 0.15) is 5.15 Å². The normalized spacial score (nSPS) is 10.5. The fraction of sp³-hybridized carbons (Fsp3) is 0.250. The van der Waals surface area contributed by atoms with Crippen LogP contribution in [0.5, 0.6) is 16.7 Å². The lowest BCUT2D eigenvalue weighted by Gasteiger charge is -2.09. The highest BCUT2D eigenvalue weighted by molar-refractivity contribution is 7.13. The monoisotopic (exact) mass is 301 g/mol. The molecule has 0 aliphatic rings. The summed E-state index contributed by atoms with van der Waals surface area (Å²) in [5.74, 6) is 0.957. The van der Waals surface area contributed by atoms with Gasteiger partial charge in [-0.05, 0) is 17.7 Å². The zero-order chi connectivity index (χ0) is 13.8. The molecule has 1 heterocycles. The fourth-order valence-corrected chi connectivity index (χ4v) is 2.42. The topological polar surface area (TPSA) is 71.8 Å². The summed E-state index contributed by atoms with van der Waals surface area (Å²) in [6.07, 6.45) is 0. The van der Waals surface area contributed by atoms with Crippen molar-refractivity contribution in [1.82, 2.24) is 4.98 Å². The number of rotatable bonds is 5. The van der Waals surface area contributed by atoms with Gasteiger partial charge >= 0.3 is 0 Å². The highest BCUT2D eigenvalue weighted by Crippen LogP contribution is 2.36. The van der Waals surface area contributed by atoms with Crippen molar-refractivity contribution >= 4 is 22.9 Å². The third-order valence-corrected chi connectivity index (χ3v) is 3.72. The van der Waals surface area contributed by atoms with Crippen LogP contribution in [0.15, 0.2) is 18.2 Å². The van der Waals surface area contributed by atoms with Crippen LogP contribution in [-0.2, 0) is 13.2 Å². The van der Waals surface area contributed by atoms with E-state index in [-0.39, 0.29) is 18.4 Å².